The lowest BCUT2D eigenvalue weighted by atomic mass is 9.89. The van der Waals surface area contributed by atoms with Crippen molar-refractivity contribution >= 4 is 11.3 Å². The van der Waals surface area contributed by atoms with Crippen molar-refractivity contribution in [1.82, 2.24) is 5.32 Å². The van der Waals surface area contributed by atoms with E-state index in [9.17, 15) is 0 Å². The zero-order valence-electron chi connectivity index (χ0n) is 9.21. The van der Waals surface area contributed by atoms with E-state index in [1.807, 2.05) is 6.07 Å². The average Bonchev–Trinajstić information content (AvgIpc) is 2.63. The molecule has 0 aliphatic carbocycles. The van der Waals surface area contributed by atoms with Gasteiger partial charge in [-0.05, 0) is 11.4 Å². The number of thiophene rings is 1. The van der Waals surface area contributed by atoms with Crippen LogP contribution in [0.4, 0.5) is 0 Å². The molecular formula is C11H17NO2S. The Morgan fingerprint density at radius 3 is 3.00 bits per heavy atom. The lowest BCUT2D eigenvalue weighted by molar-refractivity contribution is -0.0991. The van der Waals surface area contributed by atoms with Crippen LogP contribution < -0.4 is 10.1 Å². The lowest BCUT2D eigenvalue weighted by Gasteiger charge is -2.38. The first-order chi connectivity index (χ1) is 7.23. The third-order valence-corrected chi connectivity index (χ3v) is 3.57. The quantitative estimate of drug-likeness (QED) is 0.833. The number of rotatable bonds is 5. The molecule has 1 N–H and O–H groups in total. The minimum absolute atomic E-state index is 0.338. The van der Waals surface area contributed by atoms with E-state index in [1.165, 1.54) is 4.88 Å². The van der Waals surface area contributed by atoms with Crippen molar-refractivity contribution in [2.24, 2.45) is 5.41 Å². The summed E-state index contributed by atoms with van der Waals surface area (Å²) in [6.45, 7) is 5.89. The van der Waals surface area contributed by atoms with Gasteiger partial charge in [0.2, 0.25) is 0 Å². The largest absolute Gasteiger partial charge is 0.496 e. The van der Waals surface area contributed by atoms with Crippen molar-refractivity contribution < 1.29 is 9.47 Å². The molecule has 15 heavy (non-hydrogen) atoms. The Bertz CT molecular complexity index is 320. The van der Waals surface area contributed by atoms with Crippen molar-refractivity contribution in [2.45, 2.75) is 13.5 Å². The molecule has 4 heteroatoms. The highest BCUT2D eigenvalue weighted by Crippen LogP contribution is 2.27. The minimum Gasteiger partial charge on any atom is -0.496 e. The summed E-state index contributed by atoms with van der Waals surface area (Å²) in [5, 5.41) is 5.51. The predicted octanol–water partition coefficient (Wildman–Crippen LogP) is 1.88. The molecule has 0 spiro atoms. The zero-order valence-corrected chi connectivity index (χ0v) is 10.0. The maximum atomic E-state index is 5.25. The van der Waals surface area contributed by atoms with Crippen LogP contribution in [0.3, 0.4) is 0 Å². The average molecular weight is 227 g/mol. The molecule has 0 unspecified atom stereocenters. The Morgan fingerprint density at radius 1 is 1.60 bits per heavy atom. The van der Waals surface area contributed by atoms with Gasteiger partial charge in [0, 0.05) is 18.5 Å². The Balaban J connectivity index is 1.78. The second-order valence-corrected chi connectivity index (χ2v) is 5.32. The van der Waals surface area contributed by atoms with Crippen LogP contribution in [0.15, 0.2) is 11.4 Å². The molecule has 0 aromatic carbocycles. The molecule has 1 fully saturated rings. The van der Waals surface area contributed by atoms with Crippen molar-refractivity contribution in [2.75, 3.05) is 26.9 Å². The van der Waals surface area contributed by atoms with E-state index in [2.05, 4.69) is 17.6 Å². The van der Waals surface area contributed by atoms with Crippen LogP contribution in [0.5, 0.6) is 5.75 Å². The van der Waals surface area contributed by atoms with Crippen molar-refractivity contribution in [3.8, 4) is 5.75 Å². The fourth-order valence-electron chi connectivity index (χ4n) is 1.67. The van der Waals surface area contributed by atoms with Gasteiger partial charge in [-0.2, -0.15) is 0 Å². The summed E-state index contributed by atoms with van der Waals surface area (Å²) in [6.07, 6.45) is 0. The van der Waals surface area contributed by atoms with E-state index in [-0.39, 0.29) is 0 Å². The summed E-state index contributed by atoms with van der Waals surface area (Å²) >= 11 is 1.73. The molecule has 1 aromatic rings. The highest BCUT2D eigenvalue weighted by molar-refractivity contribution is 7.10. The smallest absolute Gasteiger partial charge is 0.134 e. The van der Waals surface area contributed by atoms with Gasteiger partial charge in [0.1, 0.15) is 5.75 Å². The second kappa shape index (κ2) is 4.51. The summed E-state index contributed by atoms with van der Waals surface area (Å²) in [6, 6.07) is 2.01. The van der Waals surface area contributed by atoms with Crippen molar-refractivity contribution in [3.63, 3.8) is 0 Å². The van der Waals surface area contributed by atoms with E-state index in [4.69, 9.17) is 9.47 Å². The highest BCUT2D eigenvalue weighted by atomic mass is 32.1. The van der Waals surface area contributed by atoms with Gasteiger partial charge in [0.15, 0.2) is 0 Å². The molecule has 0 bridgehead atoms. The standard InChI is InChI=1S/C11H17NO2S/c1-11(7-14-8-11)6-12-5-10-9(13-2)3-4-15-10/h3-4,12H,5-8H2,1-2H3. The number of hydrogen-bond donors (Lipinski definition) is 1. The van der Waals surface area contributed by atoms with Gasteiger partial charge in [-0.25, -0.2) is 0 Å². The summed E-state index contributed by atoms with van der Waals surface area (Å²) in [5.41, 5.74) is 0.338. The maximum absolute atomic E-state index is 5.25. The third kappa shape index (κ3) is 2.51. The maximum Gasteiger partial charge on any atom is 0.134 e. The fraction of sp³-hybridized carbons (Fsp3) is 0.636. The molecule has 1 aromatic heterocycles. The Labute approximate surface area is 94.4 Å². The number of hydrogen-bond acceptors (Lipinski definition) is 4. The highest BCUT2D eigenvalue weighted by Gasteiger charge is 2.32. The van der Waals surface area contributed by atoms with E-state index in [0.717, 1.165) is 32.1 Å². The van der Waals surface area contributed by atoms with Gasteiger partial charge in [0.05, 0.1) is 25.2 Å². The molecule has 1 aliphatic rings. The topological polar surface area (TPSA) is 30.5 Å². The fourth-order valence-corrected chi connectivity index (χ4v) is 2.48. The van der Waals surface area contributed by atoms with Crippen molar-refractivity contribution in [1.29, 1.82) is 0 Å². The van der Waals surface area contributed by atoms with Crippen LogP contribution in [0, 0.1) is 5.41 Å². The zero-order chi connectivity index (χ0) is 10.7. The molecule has 0 atom stereocenters. The van der Waals surface area contributed by atoms with Gasteiger partial charge in [-0.3, -0.25) is 0 Å². The summed E-state index contributed by atoms with van der Waals surface area (Å²) in [5.74, 6) is 0.988. The van der Waals surface area contributed by atoms with E-state index in [0.29, 0.717) is 5.41 Å². The van der Waals surface area contributed by atoms with Crippen LogP contribution in [-0.4, -0.2) is 26.9 Å². The Morgan fingerprint density at radius 2 is 2.40 bits per heavy atom. The molecule has 0 saturated carbocycles. The van der Waals surface area contributed by atoms with Gasteiger partial charge in [-0.1, -0.05) is 6.92 Å². The second-order valence-electron chi connectivity index (χ2n) is 4.32. The van der Waals surface area contributed by atoms with Crippen LogP contribution >= 0.6 is 11.3 Å². The summed E-state index contributed by atoms with van der Waals surface area (Å²) in [7, 11) is 1.71. The van der Waals surface area contributed by atoms with Crippen molar-refractivity contribution in [3.05, 3.63) is 16.3 Å². The van der Waals surface area contributed by atoms with Gasteiger partial charge in [-0.15, -0.1) is 11.3 Å². The Kier molecular flexibility index (Phi) is 3.29. The van der Waals surface area contributed by atoms with Crippen LogP contribution in [0.2, 0.25) is 0 Å². The molecule has 3 nitrogen and oxygen atoms in total. The first kappa shape index (κ1) is 10.9. The van der Waals surface area contributed by atoms with Gasteiger partial charge < -0.3 is 14.8 Å². The molecule has 1 saturated heterocycles. The minimum atomic E-state index is 0.338. The van der Waals surface area contributed by atoms with Crippen LogP contribution in [-0.2, 0) is 11.3 Å². The molecular weight excluding hydrogens is 210 g/mol. The first-order valence-corrected chi connectivity index (χ1v) is 6.00. The van der Waals surface area contributed by atoms with E-state index in [1.54, 1.807) is 18.4 Å². The van der Waals surface area contributed by atoms with Crippen LogP contribution in [0.25, 0.3) is 0 Å². The van der Waals surface area contributed by atoms with Gasteiger partial charge >= 0.3 is 0 Å². The molecule has 2 rings (SSSR count). The molecule has 0 radical (unpaired) electrons. The number of methoxy groups -OCH3 is 1. The normalized spacial score (nSPS) is 18.5. The lowest BCUT2D eigenvalue weighted by Crippen LogP contribution is -2.47. The number of ether oxygens (including phenoxy) is 2. The van der Waals surface area contributed by atoms with Gasteiger partial charge in [0.25, 0.3) is 0 Å². The molecule has 1 aliphatic heterocycles. The monoisotopic (exact) mass is 227 g/mol. The summed E-state index contributed by atoms with van der Waals surface area (Å²) < 4.78 is 10.5. The SMILES string of the molecule is COc1ccsc1CNCC1(C)COC1. The third-order valence-electron chi connectivity index (χ3n) is 2.66. The first-order valence-electron chi connectivity index (χ1n) is 5.12. The van der Waals surface area contributed by atoms with E-state index < -0.39 is 0 Å². The number of nitrogens with one attached hydrogen (secondary N) is 1. The molecule has 2 heterocycles. The predicted molar refractivity (Wildman–Crippen MR) is 61.5 cm³/mol. The molecule has 84 valence electrons. The Hall–Kier alpha value is -0.580. The molecule has 0 amide bonds. The van der Waals surface area contributed by atoms with Crippen LogP contribution in [0.1, 0.15) is 11.8 Å². The summed E-state index contributed by atoms with van der Waals surface area (Å²) in [4.78, 5) is 1.27. The van der Waals surface area contributed by atoms with E-state index >= 15 is 0 Å².